The molecule has 2 aromatic carbocycles. The van der Waals surface area contributed by atoms with E-state index in [4.69, 9.17) is 4.74 Å². The molecule has 1 N–H and O–H groups in total. The van der Waals surface area contributed by atoms with Gasteiger partial charge in [0.1, 0.15) is 5.75 Å². The minimum Gasteiger partial charge on any atom is -0.493 e. The molecule has 0 saturated heterocycles. The molecule has 2 aromatic rings. The van der Waals surface area contributed by atoms with Crippen molar-refractivity contribution in [2.45, 2.75) is 23.6 Å². The van der Waals surface area contributed by atoms with Gasteiger partial charge in [0.2, 0.25) is 0 Å². The third-order valence-electron chi connectivity index (χ3n) is 3.50. The van der Waals surface area contributed by atoms with Gasteiger partial charge >= 0.3 is 0 Å². The minimum atomic E-state index is 0.807. The first-order chi connectivity index (χ1) is 10.3. The molecule has 0 unspecified atom stereocenters. The molecule has 110 valence electrons. The molecule has 21 heavy (non-hydrogen) atoms. The number of ether oxygens (including phenoxy) is 1. The standard InChI is InChI=1S/C17H18BrNOS/c1-19-10-12-3-2-4-16(7-12)21-11-14-9-15(18)8-13-5-6-20-17(13)14/h2-4,7-9,19H,5-6,10-11H2,1H3. The molecular formula is C17H18BrNOS. The normalized spacial score (nSPS) is 13.0. The van der Waals surface area contributed by atoms with Gasteiger partial charge in [-0.2, -0.15) is 0 Å². The molecule has 1 aliphatic rings. The summed E-state index contributed by atoms with van der Waals surface area (Å²) in [5.41, 5.74) is 3.92. The fourth-order valence-corrected chi connectivity index (χ4v) is 4.06. The van der Waals surface area contributed by atoms with Crippen LogP contribution >= 0.6 is 27.7 Å². The molecule has 0 atom stereocenters. The van der Waals surface area contributed by atoms with Crippen LogP contribution in [0.15, 0.2) is 45.8 Å². The summed E-state index contributed by atoms with van der Waals surface area (Å²) < 4.78 is 6.94. The van der Waals surface area contributed by atoms with Crippen molar-refractivity contribution in [1.82, 2.24) is 5.32 Å². The summed E-state index contributed by atoms with van der Waals surface area (Å²) in [7, 11) is 1.97. The third-order valence-corrected chi connectivity index (χ3v) is 5.00. The fourth-order valence-electron chi connectivity index (χ4n) is 2.56. The van der Waals surface area contributed by atoms with Gasteiger partial charge in [-0.1, -0.05) is 28.1 Å². The third kappa shape index (κ3) is 3.62. The second kappa shape index (κ2) is 6.86. The summed E-state index contributed by atoms with van der Waals surface area (Å²) in [5, 5.41) is 3.19. The van der Waals surface area contributed by atoms with Gasteiger partial charge in [-0.05, 0) is 42.4 Å². The number of hydrogen-bond donors (Lipinski definition) is 1. The van der Waals surface area contributed by atoms with Crippen LogP contribution in [-0.2, 0) is 18.7 Å². The van der Waals surface area contributed by atoms with Gasteiger partial charge < -0.3 is 10.1 Å². The van der Waals surface area contributed by atoms with Crippen molar-refractivity contribution in [3.63, 3.8) is 0 Å². The first-order valence-electron chi connectivity index (χ1n) is 7.06. The van der Waals surface area contributed by atoms with Crippen molar-refractivity contribution in [3.05, 3.63) is 57.6 Å². The van der Waals surface area contributed by atoms with Gasteiger partial charge in [0, 0.05) is 33.7 Å². The highest BCUT2D eigenvalue weighted by atomic mass is 79.9. The predicted molar refractivity (Wildman–Crippen MR) is 92.1 cm³/mol. The Labute approximate surface area is 138 Å². The summed E-state index contributed by atoms with van der Waals surface area (Å²) in [6.45, 7) is 1.71. The Balaban J connectivity index is 1.75. The number of hydrogen-bond acceptors (Lipinski definition) is 3. The van der Waals surface area contributed by atoms with E-state index in [9.17, 15) is 0 Å². The van der Waals surface area contributed by atoms with E-state index in [0.717, 1.165) is 35.5 Å². The van der Waals surface area contributed by atoms with Gasteiger partial charge in [0.15, 0.2) is 0 Å². The number of rotatable bonds is 5. The van der Waals surface area contributed by atoms with Crippen LogP contribution in [0.25, 0.3) is 0 Å². The average Bonchev–Trinajstić information content (AvgIpc) is 2.93. The molecule has 0 spiro atoms. The molecule has 0 bridgehead atoms. The van der Waals surface area contributed by atoms with Gasteiger partial charge in [0.25, 0.3) is 0 Å². The topological polar surface area (TPSA) is 21.3 Å². The molecule has 2 nitrogen and oxygen atoms in total. The Morgan fingerprint density at radius 3 is 3.05 bits per heavy atom. The highest BCUT2D eigenvalue weighted by molar-refractivity contribution is 9.10. The average molecular weight is 364 g/mol. The summed E-state index contributed by atoms with van der Waals surface area (Å²) in [5.74, 6) is 2.03. The van der Waals surface area contributed by atoms with E-state index < -0.39 is 0 Å². The van der Waals surface area contributed by atoms with Crippen LogP contribution < -0.4 is 10.1 Å². The van der Waals surface area contributed by atoms with Crippen molar-refractivity contribution in [2.24, 2.45) is 0 Å². The molecule has 0 saturated carbocycles. The lowest BCUT2D eigenvalue weighted by atomic mass is 10.1. The molecule has 0 aromatic heterocycles. The molecule has 0 aliphatic carbocycles. The van der Waals surface area contributed by atoms with E-state index in [0.29, 0.717) is 0 Å². The zero-order valence-electron chi connectivity index (χ0n) is 12.0. The lowest BCUT2D eigenvalue weighted by Crippen LogP contribution is -2.04. The van der Waals surface area contributed by atoms with Crippen LogP contribution in [0, 0.1) is 0 Å². The largest absolute Gasteiger partial charge is 0.493 e. The number of thioether (sulfide) groups is 1. The Kier molecular flexibility index (Phi) is 4.88. The van der Waals surface area contributed by atoms with Crippen molar-refractivity contribution >= 4 is 27.7 Å². The fraction of sp³-hybridized carbons (Fsp3) is 0.294. The maximum absolute atomic E-state index is 5.79. The van der Waals surface area contributed by atoms with E-state index >= 15 is 0 Å². The maximum Gasteiger partial charge on any atom is 0.126 e. The van der Waals surface area contributed by atoms with Crippen LogP contribution in [0.1, 0.15) is 16.7 Å². The number of nitrogens with one attached hydrogen (secondary N) is 1. The SMILES string of the molecule is CNCc1cccc(SCc2cc(Br)cc3c2OCC3)c1. The molecule has 3 rings (SSSR count). The quantitative estimate of drug-likeness (QED) is 0.795. The predicted octanol–water partition coefficient (Wildman–Crippen LogP) is 4.40. The van der Waals surface area contributed by atoms with Gasteiger partial charge in [-0.3, -0.25) is 0 Å². The lowest BCUT2D eigenvalue weighted by Gasteiger charge is -2.10. The molecule has 1 heterocycles. The Morgan fingerprint density at radius 2 is 2.19 bits per heavy atom. The van der Waals surface area contributed by atoms with Crippen molar-refractivity contribution < 1.29 is 4.74 Å². The summed E-state index contributed by atoms with van der Waals surface area (Å²) in [6, 6.07) is 13.0. The molecule has 1 aliphatic heterocycles. The Bertz CT molecular complexity index is 645. The smallest absolute Gasteiger partial charge is 0.126 e. The van der Waals surface area contributed by atoms with Crippen LogP contribution in [0.2, 0.25) is 0 Å². The first kappa shape index (κ1) is 14.9. The second-order valence-electron chi connectivity index (χ2n) is 5.12. The highest BCUT2D eigenvalue weighted by Crippen LogP contribution is 2.36. The number of benzene rings is 2. The van der Waals surface area contributed by atoms with E-state index in [1.54, 1.807) is 0 Å². The van der Waals surface area contributed by atoms with Crippen molar-refractivity contribution in [2.75, 3.05) is 13.7 Å². The number of halogens is 1. The monoisotopic (exact) mass is 363 g/mol. The van der Waals surface area contributed by atoms with Crippen molar-refractivity contribution in [3.8, 4) is 5.75 Å². The van der Waals surface area contributed by atoms with Crippen LogP contribution in [0.3, 0.4) is 0 Å². The zero-order chi connectivity index (χ0) is 14.7. The summed E-state index contributed by atoms with van der Waals surface area (Å²) in [4.78, 5) is 1.30. The summed E-state index contributed by atoms with van der Waals surface area (Å²) in [6.07, 6.45) is 1.02. The second-order valence-corrected chi connectivity index (χ2v) is 7.08. The molecule has 0 radical (unpaired) electrons. The molecule has 0 amide bonds. The van der Waals surface area contributed by atoms with Gasteiger partial charge in [-0.25, -0.2) is 0 Å². The molecule has 0 fully saturated rings. The Morgan fingerprint density at radius 1 is 1.29 bits per heavy atom. The number of fused-ring (bicyclic) bond motifs is 1. The van der Waals surface area contributed by atoms with E-state index in [2.05, 4.69) is 57.6 Å². The van der Waals surface area contributed by atoms with Gasteiger partial charge in [0.05, 0.1) is 6.61 Å². The minimum absolute atomic E-state index is 0.807. The highest BCUT2D eigenvalue weighted by Gasteiger charge is 2.17. The first-order valence-corrected chi connectivity index (χ1v) is 8.84. The molecular weight excluding hydrogens is 346 g/mol. The van der Waals surface area contributed by atoms with Crippen LogP contribution in [0.5, 0.6) is 5.75 Å². The summed E-state index contributed by atoms with van der Waals surface area (Å²) >= 11 is 5.46. The van der Waals surface area contributed by atoms with E-state index in [1.807, 2.05) is 18.8 Å². The maximum atomic E-state index is 5.79. The van der Waals surface area contributed by atoms with Crippen LogP contribution in [0.4, 0.5) is 0 Å². The zero-order valence-corrected chi connectivity index (χ0v) is 14.4. The lowest BCUT2D eigenvalue weighted by molar-refractivity contribution is 0.354. The van der Waals surface area contributed by atoms with E-state index in [1.165, 1.54) is 21.6 Å². The van der Waals surface area contributed by atoms with Crippen LogP contribution in [-0.4, -0.2) is 13.7 Å². The van der Waals surface area contributed by atoms with Gasteiger partial charge in [-0.15, -0.1) is 11.8 Å². The van der Waals surface area contributed by atoms with Crippen molar-refractivity contribution in [1.29, 1.82) is 0 Å². The Hall–Kier alpha value is -0.970. The van der Waals surface area contributed by atoms with E-state index in [-0.39, 0.29) is 0 Å². The molecule has 4 heteroatoms.